The molecule has 2 aromatic carbocycles. The van der Waals surface area contributed by atoms with Gasteiger partial charge in [0.25, 0.3) is 0 Å². The van der Waals surface area contributed by atoms with Crippen LogP contribution < -0.4 is 15.4 Å². The molecule has 6 aliphatic rings. The lowest BCUT2D eigenvalue weighted by Gasteiger charge is -2.32. The first-order valence-electron chi connectivity index (χ1n) is 25.2. The second kappa shape index (κ2) is 24.8. The SMILES string of the molecule is COC(=O)N[C@H](C(=O)N1CCC[C@H]1C1=NC=C(c2cc(F)c3c(c2)OC(c2cnc(C4(C)CCOCC4)s2)n2c-3cc3cc(C4=CN=C([C@@H]5CCCN5C(=O)[C@@H](NC(=O)OC)C(C)C)C4)ccc32)C1)C(C)C.S.S.S.S. The fourth-order valence-corrected chi connectivity index (χ4v) is 12.4. The van der Waals surface area contributed by atoms with Crippen molar-refractivity contribution in [1.82, 2.24) is 30.0 Å². The zero-order valence-corrected chi connectivity index (χ0v) is 48.8. The van der Waals surface area contributed by atoms with E-state index in [1.807, 2.05) is 62.0 Å². The highest BCUT2D eigenvalue weighted by Gasteiger charge is 2.42. The van der Waals surface area contributed by atoms with Crippen molar-refractivity contribution in [3.05, 3.63) is 81.8 Å². The van der Waals surface area contributed by atoms with E-state index < -0.39 is 36.3 Å². The lowest BCUT2D eigenvalue weighted by atomic mass is 9.83. The molecule has 10 rings (SSSR count). The van der Waals surface area contributed by atoms with E-state index >= 15 is 4.39 Å². The largest absolute Gasteiger partial charge is 0.464 e. The molecular formula is C54H71FN8O8S5. The summed E-state index contributed by atoms with van der Waals surface area (Å²) < 4.78 is 41.6. The fourth-order valence-electron chi connectivity index (χ4n) is 11.2. The van der Waals surface area contributed by atoms with Crippen LogP contribution in [0, 0.1) is 17.7 Å². The Hall–Kier alpha value is -5.00. The third kappa shape index (κ3) is 11.4. The molecule has 0 saturated carbocycles. The molecule has 4 amide bonds. The number of thiazole rings is 1. The Morgan fingerprint density at radius 1 is 0.776 bits per heavy atom. The molecular weight excluding hydrogens is 1070 g/mol. The molecule has 1 unspecified atom stereocenters. The average Bonchev–Trinajstić information content (AvgIpc) is 4.24. The summed E-state index contributed by atoms with van der Waals surface area (Å²) >= 11 is 1.62. The molecule has 5 atom stereocenters. The number of fused-ring (bicyclic) bond motifs is 5. The molecule has 412 valence electrons. The fraction of sp³-hybridized carbons (Fsp3) is 0.500. The van der Waals surface area contributed by atoms with Gasteiger partial charge in [0.2, 0.25) is 18.0 Å². The maximum absolute atomic E-state index is 17.1. The van der Waals surface area contributed by atoms with Crippen LogP contribution in [0.1, 0.15) is 113 Å². The van der Waals surface area contributed by atoms with Gasteiger partial charge in [-0.15, -0.1) is 11.3 Å². The number of amides is 4. The predicted molar refractivity (Wildman–Crippen MR) is 315 cm³/mol. The number of nitrogens with one attached hydrogen (secondary N) is 2. The molecule has 0 radical (unpaired) electrons. The minimum atomic E-state index is -0.750. The number of hydrogen-bond donors (Lipinski definition) is 2. The minimum absolute atomic E-state index is 0. The number of aromatic nitrogens is 2. The normalized spacial score (nSPS) is 21.0. The predicted octanol–water partition coefficient (Wildman–Crippen LogP) is 9.48. The van der Waals surface area contributed by atoms with E-state index in [1.54, 1.807) is 23.6 Å². The van der Waals surface area contributed by atoms with E-state index in [9.17, 15) is 19.2 Å². The molecule has 0 bridgehead atoms. The van der Waals surface area contributed by atoms with Gasteiger partial charge in [-0.05, 0) is 103 Å². The number of alkyl carbamates (subject to hydrolysis) is 2. The Morgan fingerprint density at radius 3 is 1.87 bits per heavy atom. The Kier molecular flexibility index (Phi) is 19.6. The number of allylic oxidation sites excluding steroid dienone is 2. The first-order valence-corrected chi connectivity index (χ1v) is 26.0. The molecule has 0 aliphatic carbocycles. The molecule has 0 spiro atoms. The first kappa shape index (κ1) is 60.2. The van der Waals surface area contributed by atoms with Crippen LogP contribution in [0.15, 0.2) is 65.0 Å². The number of hydrogen-bond acceptors (Lipinski definition) is 12. The molecule has 4 aromatic rings. The lowest BCUT2D eigenvalue weighted by molar-refractivity contribution is -0.134. The third-order valence-corrected chi connectivity index (χ3v) is 16.7. The number of ether oxygens (including phenoxy) is 4. The van der Waals surface area contributed by atoms with Crippen LogP contribution in [-0.2, 0) is 29.2 Å². The van der Waals surface area contributed by atoms with Gasteiger partial charge in [0, 0.05) is 80.0 Å². The summed E-state index contributed by atoms with van der Waals surface area (Å²) in [7, 11) is 2.57. The topological polar surface area (TPSA) is 178 Å². The van der Waals surface area contributed by atoms with Crippen LogP contribution in [0.4, 0.5) is 14.0 Å². The monoisotopic (exact) mass is 1140 g/mol. The average molecular weight is 1140 g/mol. The van der Waals surface area contributed by atoms with E-state index in [4.69, 9.17) is 33.9 Å². The summed E-state index contributed by atoms with van der Waals surface area (Å²) in [6.45, 7) is 12.3. The highest BCUT2D eigenvalue weighted by atomic mass is 32.1. The maximum atomic E-state index is 17.1. The van der Waals surface area contributed by atoms with E-state index in [1.165, 1.54) is 14.2 Å². The van der Waals surface area contributed by atoms with Gasteiger partial charge in [0.1, 0.15) is 23.7 Å². The molecule has 6 aliphatic heterocycles. The molecule has 2 N–H and O–H groups in total. The number of methoxy groups -OCH3 is 2. The Morgan fingerprint density at radius 2 is 1.33 bits per heavy atom. The van der Waals surface area contributed by atoms with Gasteiger partial charge in [0.15, 0.2) is 0 Å². The number of rotatable bonds is 12. The van der Waals surface area contributed by atoms with Crippen LogP contribution in [0.3, 0.4) is 0 Å². The van der Waals surface area contributed by atoms with E-state index in [-0.39, 0.29) is 95.1 Å². The molecule has 8 heterocycles. The van der Waals surface area contributed by atoms with Crippen molar-refractivity contribution >= 4 is 123 Å². The molecule has 22 heteroatoms. The summed E-state index contributed by atoms with van der Waals surface area (Å²) in [6, 6.07) is 9.84. The van der Waals surface area contributed by atoms with Gasteiger partial charge >= 0.3 is 12.2 Å². The van der Waals surface area contributed by atoms with Crippen molar-refractivity contribution in [2.75, 3.05) is 40.5 Å². The number of likely N-dealkylation sites (tertiary alicyclic amines) is 2. The van der Waals surface area contributed by atoms with E-state index in [0.29, 0.717) is 61.7 Å². The molecule has 16 nitrogen and oxygen atoms in total. The third-order valence-electron chi connectivity index (χ3n) is 15.4. The number of benzene rings is 2. The van der Waals surface area contributed by atoms with Crippen molar-refractivity contribution in [3.63, 3.8) is 0 Å². The van der Waals surface area contributed by atoms with Gasteiger partial charge in [-0.3, -0.25) is 24.1 Å². The van der Waals surface area contributed by atoms with E-state index in [2.05, 4.69) is 40.3 Å². The first-order chi connectivity index (χ1) is 34.7. The highest BCUT2D eigenvalue weighted by Crippen LogP contribution is 2.49. The summed E-state index contributed by atoms with van der Waals surface area (Å²) in [5.74, 6) is -0.642. The van der Waals surface area contributed by atoms with Gasteiger partial charge < -0.3 is 39.4 Å². The summed E-state index contributed by atoms with van der Waals surface area (Å²) in [5, 5.41) is 7.37. The van der Waals surface area contributed by atoms with Crippen LogP contribution in [0.5, 0.6) is 5.75 Å². The van der Waals surface area contributed by atoms with Crippen molar-refractivity contribution in [2.24, 2.45) is 21.8 Å². The maximum Gasteiger partial charge on any atom is 0.407 e. The summed E-state index contributed by atoms with van der Waals surface area (Å²) in [6.07, 6.45) is 9.46. The Labute approximate surface area is 475 Å². The number of aliphatic imine (C=N–C) groups is 2. The Bertz CT molecular complexity index is 2970. The highest BCUT2D eigenvalue weighted by molar-refractivity contribution is 7.59. The molecule has 76 heavy (non-hydrogen) atoms. The number of nitrogens with zero attached hydrogens (tertiary/aromatic N) is 6. The van der Waals surface area contributed by atoms with Gasteiger partial charge in [0.05, 0.1) is 53.0 Å². The van der Waals surface area contributed by atoms with Crippen molar-refractivity contribution < 1.29 is 42.5 Å². The van der Waals surface area contributed by atoms with Gasteiger partial charge in [-0.1, -0.05) is 40.7 Å². The quantitative estimate of drug-likeness (QED) is 0.140. The van der Waals surface area contributed by atoms with Gasteiger partial charge in [-0.25, -0.2) is 19.0 Å². The smallest absolute Gasteiger partial charge is 0.407 e. The number of carbonyl (C=O) groups is 4. The van der Waals surface area contributed by atoms with Crippen LogP contribution in [0.2, 0.25) is 0 Å². The second-order valence-electron chi connectivity index (χ2n) is 20.7. The van der Waals surface area contributed by atoms with Crippen LogP contribution in [0.25, 0.3) is 33.3 Å². The molecule has 2 aromatic heterocycles. The standard InChI is InChI=1S/C54H63FN8O8S.4H2S/c1-29(2)46(59-52(66)68-6)48(64)61-16-8-10-40(61)37-22-34(26-56-37)31-12-13-39-33(20-31)24-42-45-36(55)21-32(25-43(45)71-50(63(39)42)44-28-58-51(72-44)54(5)14-18-70-19-15-54)35-23-38(57-27-35)41-11-9-17-62(41)49(65)47(30(3)4)60-53(67)69-7;;;;/h12-13,20-21,24-30,40-41,46-47,50H,8-11,14-19,22-23H2,1-7H3,(H,59,66)(H,60,67);4*1H2/t40-,41-,46-,47-,50?;;;;/m0..../s1. The summed E-state index contributed by atoms with van der Waals surface area (Å²) in [4.78, 5) is 71.4. The zero-order valence-electron chi connectivity index (χ0n) is 44.0. The van der Waals surface area contributed by atoms with Crippen molar-refractivity contribution in [1.29, 1.82) is 0 Å². The molecule has 3 saturated heterocycles. The van der Waals surface area contributed by atoms with Crippen LogP contribution in [-0.4, -0.2) is 119 Å². The van der Waals surface area contributed by atoms with E-state index in [0.717, 1.165) is 87.4 Å². The lowest BCUT2D eigenvalue weighted by Crippen LogP contribution is -2.53. The zero-order chi connectivity index (χ0) is 50.6. The van der Waals surface area contributed by atoms with Crippen molar-refractivity contribution in [2.45, 2.75) is 122 Å². The van der Waals surface area contributed by atoms with Gasteiger partial charge in [-0.2, -0.15) is 54.0 Å². The Balaban J connectivity index is 0.00000234. The number of halogens is 1. The molecule has 3 fully saturated rings. The number of carbonyl (C=O) groups excluding carboxylic acids is 4. The second-order valence-corrected chi connectivity index (χ2v) is 21.8. The minimum Gasteiger partial charge on any atom is -0.464 e. The summed E-state index contributed by atoms with van der Waals surface area (Å²) in [5.41, 5.74) is 6.94. The van der Waals surface area contributed by atoms with Crippen LogP contribution >= 0.6 is 65.3 Å². The van der Waals surface area contributed by atoms with Crippen molar-refractivity contribution in [3.8, 4) is 17.0 Å².